The predicted octanol–water partition coefficient (Wildman–Crippen LogP) is 5.08. The number of aromatic nitrogens is 3. The molecule has 0 unspecified atom stereocenters. The number of hydrogen-bond donors (Lipinski definition) is 2. The summed E-state index contributed by atoms with van der Waals surface area (Å²) in [7, 11) is 0. The summed E-state index contributed by atoms with van der Waals surface area (Å²) < 4.78 is 14.7. The lowest BCUT2D eigenvalue weighted by atomic mass is 10.2. The van der Waals surface area contributed by atoms with Gasteiger partial charge in [0.2, 0.25) is 4.77 Å². The highest BCUT2D eigenvalue weighted by Crippen LogP contribution is 2.37. The maximum atomic E-state index is 6.00. The minimum atomic E-state index is 0.414. The van der Waals surface area contributed by atoms with Crippen LogP contribution in [0.15, 0.2) is 47.2 Å². The molecule has 0 atom stereocenters. The fourth-order valence-corrected chi connectivity index (χ4v) is 3.29. The van der Waals surface area contributed by atoms with Crippen LogP contribution in [0.5, 0.6) is 11.5 Å². The lowest BCUT2D eigenvalue weighted by molar-refractivity contribution is 0.267. The minimum absolute atomic E-state index is 0.414. The van der Waals surface area contributed by atoms with Gasteiger partial charge < -0.3 is 14.9 Å². The van der Waals surface area contributed by atoms with Crippen LogP contribution in [0.4, 0.5) is 0 Å². The van der Waals surface area contributed by atoms with Crippen molar-refractivity contribution >= 4 is 39.7 Å². The van der Waals surface area contributed by atoms with Gasteiger partial charge in [0.1, 0.15) is 12.9 Å². The number of nitrogens with one attached hydrogen (secondary N) is 2. The highest BCUT2D eigenvalue weighted by atomic mass is 79.9. The quantitative estimate of drug-likeness (QED) is 0.451. The van der Waals surface area contributed by atoms with Crippen molar-refractivity contribution in [3.05, 3.63) is 68.1 Å². The van der Waals surface area contributed by atoms with Crippen molar-refractivity contribution in [1.29, 1.82) is 0 Å². The van der Waals surface area contributed by atoms with Crippen molar-refractivity contribution in [2.75, 3.05) is 12.0 Å². The van der Waals surface area contributed by atoms with Crippen LogP contribution in [0.1, 0.15) is 18.1 Å². The van der Waals surface area contributed by atoms with Gasteiger partial charge in [-0.2, -0.15) is 5.10 Å². The smallest absolute Gasteiger partial charge is 0.214 e. The molecule has 0 saturated carbocycles. The summed E-state index contributed by atoms with van der Waals surface area (Å²) in [6.45, 7) is 3.43. The molecule has 2 aromatic carbocycles. The molecule has 9 heteroatoms. The fourth-order valence-electron chi connectivity index (χ4n) is 2.40. The van der Waals surface area contributed by atoms with Crippen molar-refractivity contribution < 1.29 is 9.47 Å². The van der Waals surface area contributed by atoms with Gasteiger partial charge in [-0.25, -0.2) is 4.68 Å². The van der Waals surface area contributed by atoms with E-state index in [9.17, 15) is 0 Å². The molecule has 0 aliphatic heterocycles. The summed E-state index contributed by atoms with van der Waals surface area (Å²) in [5, 5.41) is 7.27. The van der Waals surface area contributed by atoms with Gasteiger partial charge in [0, 0.05) is 5.02 Å². The average Bonchev–Trinajstić information content (AvgIpc) is 3.06. The van der Waals surface area contributed by atoms with Crippen LogP contribution in [0.3, 0.4) is 0 Å². The monoisotopic (exact) mass is 468 g/mol. The van der Waals surface area contributed by atoms with Gasteiger partial charge in [-0.05, 0) is 70.5 Å². The Kier molecular flexibility index (Phi) is 6.76. The topological polar surface area (TPSA) is 64.1 Å². The first-order chi connectivity index (χ1) is 13.1. The van der Waals surface area contributed by atoms with E-state index in [-0.39, 0.29) is 0 Å². The molecule has 0 fully saturated rings. The molecule has 0 aliphatic carbocycles. The van der Waals surface area contributed by atoms with Crippen LogP contribution in [-0.2, 0) is 13.2 Å². The van der Waals surface area contributed by atoms with Crippen LogP contribution < -0.4 is 14.9 Å². The Morgan fingerprint density at radius 1 is 1.22 bits per heavy atom. The second kappa shape index (κ2) is 9.25. The second-order valence-corrected chi connectivity index (χ2v) is 7.30. The van der Waals surface area contributed by atoms with Crippen LogP contribution in [0.2, 0.25) is 5.02 Å². The Morgan fingerprint density at radius 3 is 2.67 bits per heavy atom. The molecule has 0 bridgehead atoms. The van der Waals surface area contributed by atoms with E-state index in [1.54, 1.807) is 11.0 Å². The van der Waals surface area contributed by atoms with E-state index in [1.165, 1.54) is 0 Å². The molecule has 1 heterocycles. The Labute approximate surface area is 175 Å². The van der Waals surface area contributed by atoms with Crippen molar-refractivity contribution in [1.82, 2.24) is 14.9 Å². The first-order valence-electron chi connectivity index (χ1n) is 8.25. The summed E-state index contributed by atoms with van der Waals surface area (Å²) in [4.78, 5) is 0. The number of H-pyrrole nitrogens is 1. The van der Waals surface area contributed by atoms with Crippen LogP contribution in [-0.4, -0.2) is 21.5 Å². The van der Waals surface area contributed by atoms with E-state index in [0.29, 0.717) is 41.1 Å². The van der Waals surface area contributed by atoms with Gasteiger partial charge in [0.05, 0.1) is 17.6 Å². The van der Waals surface area contributed by atoms with Gasteiger partial charge in [-0.3, -0.25) is 5.10 Å². The van der Waals surface area contributed by atoms with Gasteiger partial charge >= 0.3 is 0 Å². The summed E-state index contributed by atoms with van der Waals surface area (Å²) in [5.41, 5.74) is 5.21. The number of aromatic amines is 1. The van der Waals surface area contributed by atoms with Crippen molar-refractivity contribution in [3.8, 4) is 11.5 Å². The van der Waals surface area contributed by atoms with E-state index in [0.717, 1.165) is 15.6 Å². The molecule has 3 aromatic rings. The predicted molar refractivity (Wildman–Crippen MR) is 112 cm³/mol. The third kappa shape index (κ3) is 5.24. The zero-order chi connectivity index (χ0) is 19.2. The molecule has 2 N–H and O–H groups in total. The molecular weight excluding hydrogens is 452 g/mol. The molecule has 0 amide bonds. The molecule has 1 aromatic heterocycles. The highest BCUT2D eigenvalue weighted by molar-refractivity contribution is 9.10. The Bertz CT molecular complexity index is 959. The molecule has 0 saturated heterocycles. The number of halogens is 2. The van der Waals surface area contributed by atoms with E-state index in [4.69, 9.17) is 33.3 Å². The third-order valence-electron chi connectivity index (χ3n) is 3.67. The van der Waals surface area contributed by atoms with Gasteiger partial charge in [0.25, 0.3) is 0 Å². The Balaban J connectivity index is 1.75. The lowest BCUT2D eigenvalue weighted by Gasteiger charge is -2.16. The second-order valence-electron chi connectivity index (χ2n) is 5.62. The SMILES string of the molecule is CCOc1cc(CNn2cn[nH]c2=S)cc(Br)c1OCc1ccc(Cl)cc1. The molecule has 0 spiro atoms. The van der Waals surface area contributed by atoms with Gasteiger partial charge in [-0.15, -0.1) is 0 Å². The zero-order valence-corrected chi connectivity index (χ0v) is 17.7. The molecule has 6 nitrogen and oxygen atoms in total. The van der Waals surface area contributed by atoms with Crippen molar-refractivity contribution in [2.24, 2.45) is 0 Å². The number of ether oxygens (including phenoxy) is 2. The summed E-state index contributed by atoms with van der Waals surface area (Å²) in [6.07, 6.45) is 1.59. The summed E-state index contributed by atoms with van der Waals surface area (Å²) in [6, 6.07) is 11.5. The molecule has 142 valence electrons. The number of benzene rings is 2. The van der Waals surface area contributed by atoms with E-state index >= 15 is 0 Å². The van der Waals surface area contributed by atoms with E-state index < -0.39 is 0 Å². The highest BCUT2D eigenvalue weighted by Gasteiger charge is 2.13. The summed E-state index contributed by atoms with van der Waals surface area (Å²) >= 11 is 14.6. The first-order valence-corrected chi connectivity index (χ1v) is 9.83. The number of nitrogens with zero attached hydrogens (tertiary/aromatic N) is 2. The largest absolute Gasteiger partial charge is 0.490 e. The van der Waals surface area contributed by atoms with Crippen molar-refractivity contribution in [2.45, 2.75) is 20.1 Å². The standard InChI is InChI=1S/C18H18BrClN4O2S/c1-2-25-16-8-13(9-22-24-11-21-23-18(24)27)7-15(19)17(16)26-10-12-3-5-14(20)6-4-12/h3-8,11,22H,2,9-10H2,1H3,(H,23,27). The maximum absolute atomic E-state index is 6.00. The van der Waals surface area contributed by atoms with Gasteiger partial charge in [-0.1, -0.05) is 23.7 Å². The van der Waals surface area contributed by atoms with Gasteiger partial charge in [0.15, 0.2) is 11.5 Å². The van der Waals surface area contributed by atoms with Crippen molar-refractivity contribution in [3.63, 3.8) is 0 Å². The van der Waals surface area contributed by atoms with Crippen LogP contribution >= 0.6 is 39.7 Å². The van der Waals surface area contributed by atoms with E-state index in [1.807, 2.05) is 43.3 Å². The molecule has 3 rings (SSSR count). The van der Waals surface area contributed by atoms with Crippen LogP contribution in [0.25, 0.3) is 0 Å². The normalized spacial score (nSPS) is 10.6. The Morgan fingerprint density at radius 2 is 2.00 bits per heavy atom. The number of hydrogen-bond acceptors (Lipinski definition) is 5. The van der Waals surface area contributed by atoms with Crippen LogP contribution in [0, 0.1) is 4.77 Å². The molecule has 0 radical (unpaired) electrons. The number of rotatable bonds is 8. The molecular formula is C18H18BrClN4O2S. The first kappa shape index (κ1) is 19.7. The summed E-state index contributed by atoms with van der Waals surface area (Å²) in [5.74, 6) is 1.34. The molecule has 0 aliphatic rings. The zero-order valence-electron chi connectivity index (χ0n) is 14.5. The van der Waals surface area contributed by atoms with E-state index in [2.05, 4.69) is 31.6 Å². The lowest BCUT2D eigenvalue weighted by Crippen LogP contribution is -2.13. The Hall–Kier alpha value is -2.03. The fraction of sp³-hybridized carbons (Fsp3) is 0.222. The third-order valence-corrected chi connectivity index (χ3v) is 4.80. The maximum Gasteiger partial charge on any atom is 0.214 e. The average molecular weight is 470 g/mol. The molecule has 27 heavy (non-hydrogen) atoms. The minimum Gasteiger partial charge on any atom is -0.490 e.